The summed E-state index contributed by atoms with van der Waals surface area (Å²) in [5, 5.41) is 9.33. The number of aromatic amines is 1. The third kappa shape index (κ3) is 3.75. The van der Waals surface area contributed by atoms with Gasteiger partial charge in [-0.1, -0.05) is 13.8 Å². The molecule has 0 amide bonds. The van der Waals surface area contributed by atoms with Gasteiger partial charge in [0.2, 0.25) is 0 Å². The minimum Gasteiger partial charge on any atom is -0.477 e. The van der Waals surface area contributed by atoms with E-state index in [-0.39, 0.29) is 17.8 Å². The summed E-state index contributed by atoms with van der Waals surface area (Å²) >= 11 is 2.12. The highest BCUT2D eigenvalue weighted by molar-refractivity contribution is 14.1. The lowest BCUT2D eigenvalue weighted by molar-refractivity contribution is 0.0686. The van der Waals surface area contributed by atoms with E-state index in [1.807, 2.05) is 18.7 Å². The van der Waals surface area contributed by atoms with Crippen LogP contribution in [0.4, 0.5) is 0 Å². The fraction of sp³-hybridized carbons (Fsp3) is 0.312. The molecule has 1 aromatic carbocycles. The van der Waals surface area contributed by atoms with Crippen LogP contribution in [-0.2, 0) is 6.54 Å². The number of nitrogens with one attached hydrogen (secondary N) is 1. The molecule has 0 aliphatic heterocycles. The average molecular weight is 443 g/mol. The Morgan fingerprint density at radius 3 is 2.29 bits per heavy atom. The number of carboxylic acid groups (broad SMARTS) is 1. The van der Waals surface area contributed by atoms with Crippen LogP contribution in [0.5, 0.6) is 0 Å². The second-order valence-electron chi connectivity index (χ2n) is 5.17. The van der Waals surface area contributed by atoms with Crippen LogP contribution in [0, 0.1) is 3.57 Å². The monoisotopic (exact) mass is 443 g/mol. The maximum absolute atomic E-state index is 12.8. The molecule has 0 aliphatic carbocycles. The van der Waals surface area contributed by atoms with Crippen LogP contribution in [-0.4, -0.2) is 38.6 Å². The van der Waals surface area contributed by atoms with Gasteiger partial charge in [0.15, 0.2) is 0 Å². The van der Waals surface area contributed by atoms with Crippen LogP contribution in [0.2, 0.25) is 0 Å². The molecule has 0 saturated heterocycles. The average Bonchev–Trinajstić information content (AvgIpc) is 2.55. The van der Waals surface area contributed by atoms with Crippen molar-refractivity contribution in [3.63, 3.8) is 0 Å². The quantitative estimate of drug-likeness (QED) is 0.663. The topological polar surface area (TPSA) is 95.4 Å². The molecule has 2 rings (SSSR count). The van der Waals surface area contributed by atoms with Crippen molar-refractivity contribution >= 4 is 28.6 Å². The summed E-state index contributed by atoms with van der Waals surface area (Å²) in [5.74, 6) is -1.32. The number of benzene rings is 1. The Balaban J connectivity index is 2.70. The Hall–Kier alpha value is -1.94. The molecule has 1 heterocycles. The third-order valence-corrected chi connectivity index (χ3v) is 4.49. The number of rotatable bonds is 6. The number of carboxylic acids is 1. The molecule has 24 heavy (non-hydrogen) atoms. The van der Waals surface area contributed by atoms with Gasteiger partial charge in [-0.3, -0.25) is 9.69 Å². The Morgan fingerprint density at radius 1 is 1.21 bits per heavy atom. The minimum atomic E-state index is -1.32. The number of aromatic nitrogens is 2. The van der Waals surface area contributed by atoms with E-state index in [9.17, 15) is 19.5 Å². The Labute approximate surface area is 152 Å². The van der Waals surface area contributed by atoms with Crippen LogP contribution in [0.3, 0.4) is 0 Å². The van der Waals surface area contributed by atoms with Crippen molar-refractivity contribution in [2.45, 2.75) is 20.4 Å². The molecule has 0 bridgehead atoms. The van der Waals surface area contributed by atoms with Crippen molar-refractivity contribution in [1.82, 2.24) is 14.5 Å². The first-order chi connectivity index (χ1) is 11.4. The molecule has 0 unspecified atom stereocenters. The number of H-pyrrole nitrogens is 1. The van der Waals surface area contributed by atoms with Crippen LogP contribution < -0.4 is 11.2 Å². The molecular weight excluding hydrogens is 425 g/mol. The highest BCUT2D eigenvalue weighted by Gasteiger charge is 2.21. The molecule has 0 saturated carbocycles. The molecule has 0 fully saturated rings. The fourth-order valence-electron chi connectivity index (χ4n) is 2.40. The molecule has 0 atom stereocenters. The summed E-state index contributed by atoms with van der Waals surface area (Å²) < 4.78 is 1.94. The Kier molecular flexibility index (Phi) is 5.94. The van der Waals surface area contributed by atoms with E-state index in [1.54, 1.807) is 24.3 Å². The number of carbonyl (C=O) groups is 1. The highest BCUT2D eigenvalue weighted by Crippen LogP contribution is 2.10. The lowest BCUT2D eigenvalue weighted by Crippen LogP contribution is -2.40. The van der Waals surface area contributed by atoms with Gasteiger partial charge in [0.25, 0.3) is 5.56 Å². The second-order valence-corrected chi connectivity index (χ2v) is 6.41. The predicted octanol–water partition coefficient (Wildman–Crippen LogP) is 1.67. The van der Waals surface area contributed by atoms with Gasteiger partial charge in [-0.15, -0.1) is 0 Å². The normalized spacial score (nSPS) is 11.0. The number of halogens is 1. The molecule has 2 N–H and O–H groups in total. The Morgan fingerprint density at radius 2 is 1.79 bits per heavy atom. The molecule has 0 spiro atoms. The SMILES string of the molecule is CCN(CC)Cc1c(C(=O)O)[nH]c(=O)n(-c2ccc(I)cc2)c1=O. The summed E-state index contributed by atoms with van der Waals surface area (Å²) in [6.45, 7) is 5.34. The van der Waals surface area contributed by atoms with Crippen LogP contribution in [0.25, 0.3) is 5.69 Å². The van der Waals surface area contributed by atoms with Crippen molar-refractivity contribution in [3.05, 3.63) is 59.9 Å². The lowest BCUT2D eigenvalue weighted by atomic mass is 10.2. The zero-order chi connectivity index (χ0) is 17.9. The number of hydrogen-bond donors (Lipinski definition) is 2. The predicted molar refractivity (Wildman–Crippen MR) is 99.0 cm³/mol. The second kappa shape index (κ2) is 7.75. The smallest absolute Gasteiger partial charge is 0.352 e. The molecule has 0 radical (unpaired) electrons. The van der Waals surface area contributed by atoms with Gasteiger partial charge in [0.05, 0.1) is 11.3 Å². The molecule has 128 valence electrons. The van der Waals surface area contributed by atoms with Gasteiger partial charge in [-0.05, 0) is 59.9 Å². The fourth-order valence-corrected chi connectivity index (χ4v) is 2.76. The van der Waals surface area contributed by atoms with Crippen LogP contribution in [0.1, 0.15) is 29.9 Å². The summed E-state index contributed by atoms with van der Waals surface area (Å²) in [5.41, 5.74) is -1.24. The maximum Gasteiger partial charge on any atom is 0.352 e. The molecular formula is C16H18IN3O4. The summed E-state index contributed by atoms with van der Waals surface area (Å²) in [4.78, 5) is 40.8. The minimum absolute atomic E-state index is 0.0735. The van der Waals surface area contributed by atoms with Gasteiger partial charge in [-0.25, -0.2) is 14.2 Å². The summed E-state index contributed by atoms with van der Waals surface area (Å²) in [6, 6.07) is 6.86. The highest BCUT2D eigenvalue weighted by atomic mass is 127. The number of aromatic carboxylic acids is 1. The first-order valence-corrected chi connectivity index (χ1v) is 8.56. The summed E-state index contributed by atoms with van der Waals surface area (Å²) in [6.07, 6.45) is 0. The van der Waals surface area contributed by atoms with E-state index in [4.69, 9.17) is 0 Å². The first kappa shape index (κ1) is 18.4. The molecule has 1 aromatic heterocycles. The van der Waals surface area contributed by atoms with Gasteiger partial charge in [0, 0.05) is 10.1 Å². The Bertz CT molecular complexity index is 851. The first-order valence-electron chi connectivity index (χ1n) is 7.48. The largest absolute Gasteiger partial charge is 0.477 e. The number of nitrogens with zero attached hydrogens (tertiary/aromatic N) is 2. The van der Waals surface area contributed by atoms with E-state index in [2.05, 4.69) is 27.6 Å². The lowest BCUT2D eigenvalue weighted by Gasteiger charge is -2.19. The van der Waals surface area contributed by atoms with E-state index in [0.717, 1.165) is 8.14 Å². The third-order valence-electron chi connectivity index (χ3n) is 3.77. The van der Waals surface area contributed by atoms with Crippen LogP contribution >= 0.6 is 22.6 Å². The summed E-state index contributed by atoms with van der Waals surface area (Å²) in [7, 11) is 0. The molecule has 7 nitrogen and oxygen atoms in total. The van der Waals surface area contributed by atoms with E-state index >= 15 is 0 Å². The van der Waals surface area contributed by atoms with Crippen molar-refractivity contribution < 1.29 is 9.90 Å². The zero-order valence-electron chi connectivity index (χ0n) is 13.4. The van der Waals surface area contributed by atoms with Crippen molar-refractivity contribution in [2.75, 3.05) is 13.1 Å². The van der Waals surface area contributed by atoms with Crippen molar-refractivity contribution in [3.8, 4) is 5.69 Å². The molecule has 8 heteroatoms. The van der Waals surface area contributed by atoms with E-state index in [0.29, 0.717) is 18.8 Å². The van der Waals surface area contributed by atoms with Gasteiger partial charge < -0.3 is 10.1 Å². The number of hydrogen-bond acceptors (Lipinski definition) is 4. The standard InChI is InChI=1S/C16H18IN3O4/c1-3-19(4-2)9-12-13(15(22)23)18-16(24)20(14(12)21)11-7-5-10(17)6-8-11/h5-8H,3-4,9H2,1-2H3,(H,18,24)(H,22,23). The van der Waals surface area contributed by atoms with Gasteiger partial charge in [0.1, 0.15) is 5.69 Å². The maximum atomic E-state index is 12.8. The van der Waals surface area contributed by atoms with Gasteiger partial charge >= 0.3 is 11.7 Å². The van der Waals surface area contributed by atoms with E-state index in [1.165, 1.54) is 0 Å². The van der Waals surface area contributed by atoms with Crippen molar-refractivity contribution in [1.29, 1.82) is 0 Å². The van der Waals surface area contributed by atoms with Gasteiger partial charge in [-0.2, -0.15) is 0 Å². The van der Waals surface area contributed by atoms with Crippen LogP contribution in [0.15, 0.2) is 33.9 Å². The molecule has 2 aromatic rings. The van der Waals surface area contributed by atoms with E-state index < -0.39 is 17.2 Å². The molecule has 0 aliphatic rings. The van der Waals surface area contributed by atoms with Crippen molar-refractivity contribution in [2.24, 2.45) is 0 Å². The zero-order valence-corrected chi connectivity index (χ0v) is 15.5.